The standard InChI is InChI=1S/C17H18N2O5S/c1-3-12(2)17(20)18-13-4-8-15(9-5-13)25(23,24)16-10-6-14(7-11-16)19(21)22/h4-12H,3H2,1-2H3,(H,18,20)/t12-/m1/s1. The summed E-state index contributed by atoms with van der Waals surface area (Å²) in [5, 5.41) is 13.4. The molecule has 2 aromatic carbocycles. The highest BCUT2D eigenvalue weighted by Crippen LogP contribution is 2.24. The van der Waals surface area contributed by atoms with E-state index in [0.29, 0.717) is 12.1 Å². The van der Waals surface area contributed by atoms with Gasteiger partial charge in [0.2, 0.25) is 15.7 Å². The maximum atomic E-state index is 12.5. The van der Waals surface area contributed by atoms with Gasteiger partial charge in [-0.25, -0.2) is 8.42 Å². The molecule has 0 radical (unpaired) electrons. The second-order valence-electron chi connectivity index (χ2n) is 5.58. The first kappa shape index (κ1) is 18.6. The first-order valence-electron chi connectivity index (χ1n) is 7.66. The van der Waals surface area contributed by atoms with Crippen LogP contribution < -0.4 is 5.32 Å². The Morgan fingerprint density at radius 3 is 2.00 bits per heavy atom. The summed E-state index contributed by atoms with van der Waals surface area (Å²) in [6, 6.07) is 10.5. The van der Waals surface area contributed by atoms with Crippen LogP contribution >= 0.6 is 0 Å². The molecule has 8 heteroatoms. The Labute approximate surface area is 145 Å². The zero-order valence-electron chi connectivity index (χ0n) is 13.8. The number of anilines is 1. The van der Waals surface area contributed by atoms with Crippen LogP contribution in [-0.2, 0) is 14.6 Å². The van der Waals surface area contributed by atoms with Crippen LogP contribution in [0.4, 0.5) is 11.4 Å². The van der Waals surface area contributed by atoms with Crippen LogP contribution in [0.15, 0.2) is 58.3 Å². The van der Waals surface area contributed by atoms with Gasteiger partial charge < -0.3 is 5.32 Å². The minimum atomic E-state index is -3.78. The van der Waals surface area contributed by atoms with E-state index in [1.165, 1.54) is 36.4 Å². The van der Waals surface area contributed by atoms with E-state index in [9.17, 15) is 23.3 Å². The van der Waals surface area contributed by atoms with Gasteiger partial charge in [0.25, 0.3) is 5.69 Å². The number of rotatable bonds is 6. The van der Waals surface area contributed by atoms with Crippen LogP contribution in [0.3, 0.4) is 0 Å². The third-order valence-corrected chi connectivity index (χ3v) is 5.64. The Hall–Kier alpha value is -2.74. The van der Waals surface area contributed by atoms with Gasteiger partial charge in [-0.2, -0.15) is 0 Å². The number of amides is 1. The fourth-order valence-corrected chi connectivity index (χ4v) is 3.31. The number of benzene rings is 2. The summed E-state index contributed by atoms with van der Waals surface area (Å²) in [6.45, 7) is 3.72. The smallest absolute Gasteiger partial charge is 0.269 e. The number of non-ortho nitro benzene ring substituents is 1. The van der Waals surface area contributed by atoms with Crippen LogP contribution in [0.2, 0.25) is 0 Å². The molecule has 1 atom stereocenters. The lowest BCUT2D eigenvalue weighted by atomic mass is 10.1. The molecule has 1 amide bonds. The first-order valence-corrected chi connectivity index (χ1v) is 9.14. The Morgan fingerprint density at radius 2 is 1.56 bits per heavy atom. The van der Waals surface area contributed by atoms with Crippen molar-refractivity contribution in [1.82, 2.24) is 0 Å². The van der Waals surface area contributed by atoms with E-state index in [1.807, 2.05) is 13.8 Å². The molecule has 0 aromatic heterocycles. The number of sulfone groups is 1. The number of hydrogen-bond acceptors (Lipinski definition) is 5. The average Bonchev–Trinajstić information content (AvgIpc) is 2.61. The Morgan fingerprint density at radius 1 is 1.08 bits per heavy atom. The number of nitro groups is 1. The van der Waals surface area contributed by atoms with Crippen LogP contribution in [0.25, 0.3) is 0 Å². The molecule has 0 fully saturated rings. The van der Waals surface area contributed by atoms with Gasteiger partial charge in [0.05, 0.1) is 14.7 Å². The topological polar surface area (TPSA) is 106 Å². The van der Waals surface area contributed by atoms with Crippen LogP contribution in [-0.4, -0.2) is 19.2 Å². The second-order valence-corrected chi connectivity index (χ2v) is 7.53. The normalized spacial score (nSPS) is 12.4. The van der Waals surface area contributed by atoms with Gasteiger partial charge in [-0.3, -0.25) is 14.9 Å². The van der Waals surface area contributed by atoms with Gasteiger partial charge >= 0.3 is 0 Å². The monoisotopic (exact) mass is 362 g/mol. The summed E-state index contributed by atoms with van der Waals surface area (Å²) >= 11 is 0. The van der Waals surface area contributed by atoms with E-state index in [0.717, 1.165) is 12.1 Å². The minimum Gasteiger partial charge on any atom is -0.326 e. The molecule has 0 saturated carbocycles. The van der Waals surface area contributed by atoms with Crippen molar-refractivity contribution in [1.29, 1.82) is 0 Å². The molecule has 1 N–H and O–H groups in total. The summed E-state index contributed by atoms with van der Waals surface area (Å²) in [5.41, 5.74) is 0.329. The number of carbonyl (C=O) groups is 1. The van der Waals surface area contributed by atoms with Gasteiger partial charge in [0, 0.05) is 23.7 Å². The second kappa shape index (κ2) is 7.43. The summed E-state index contributed by atoms with van der Waals surface area (Å²) in [4.78, 5) is 21.9. The van der Waals surface area contributed by atoms with Crippen molar-refractivity contribution in [2.75, 3.05) is 5.32 Å². The van der Waals surface area contributed by atoms with Gasteiger partial charge in [-0.15, -0.1) is 0 Å². The highest BCUT2D eigenvalue weighted by molar-refractivity contribution is 7.91. The van der Waals surface area contributed by atoms with Gasteiger partial charge in [-0.05, 0) is 42.8 Å². The van der Waals surface area contributed by atoms with Gasteiger partial charge in [-0.1, -0.05) is 13.8 Å². The lowest BCUT2D eigenvalue weighted by molar-refractivity contribution is -0.384. The fraction of sp³-hybridized carbons (Fsp3) is 0.235. The molecule has 0 saturated heterocycles. The predicted molar refractivity (Wildman–Crippen MR) is 93.1 cm³/mol. The molecule has 2 aromatic rings. The molecule has 0 heterocycles. The van der Waals surface area contributed by atoms with Gasteiger partial charge in [0.15, 0.2) is 0 Å². The molecule has 25 heavy (non-hydrogen) atoms. The molecule has 0 aliphatic heterocycles. The number of nitrogens with one attached hydrogen (secondary N) is 1. The molecule has 7 nitrogen and oxygen atoms in total. The lowest BCUT2D eigenvalue weighted by Crippen LogP contribution is -2.19. The van der Waals surface area contributed by atoms with Crippen LogP contribution in [0.5, 0.6) is 0 Å². The molecule has 132 valence electrons. The SMILES string of the molecule is CC[C@@H](C)C(=O)Nc1ccc(S(=O)(=O)c2ccc([N+](=O)[O-])cc2)cc1. The molecule has 0 aliphatic carbocycles. The Balaban J connectivity index is 2.22. The van der Waals surface area contributed by atoms with Crippen molar-refractivity contribution in [3.8, 4) is 0 Å². The number of nitrogens with zero attached hydrogens (tertiary/aromatic N) is 1. The zero-order chi connectivity index (χ0) is 18.6. The fourth-order valence-electron chi connectivity index (χ4n) is 2.05. The average molecular weight is 362 g/mol. The predicted octanol–water partition coefficient (Wildman–Crippen LogP) is 3.41. The molecule has 0 bridgehead atoms. The molecule has 2 rings (SSSR count). The number of hydrogen-bond donors (Lipinski definition) is 1. The van der Waals surface area contributed by atoms with E-state index in [1.54, 1.807) is 0 Å². The maximum Gasteiger partial charge on any atom is 0.269 e. The maximum absolute atomic E-state index is 12.5. The minimum absolute atomic E-state index is 0.0329. The highest BCUT2D eigenvalue weighted by Gasteiger charge is 2.19. The summed E-state index contributed by atoms with van der Waals surface area (Å²) in [7, 11) is -3.78. The molecule has 0 unspecified atom stereocenters. The lowest BCUT2D eigenvalue weighted by Gasteiger charge is -2.10. The quantitative estimate of drug-likeness (QED) is 0.626. The van der Waals surface area contributed by atoms with Crippen molar-refractivity contribution in [2.45, 2.75) is 30.1 Å². The summed E-state index contributed by atoms with van der Waals surface area (Å²) in [6.07, 6.45) is 0.707. The van der Waals surface area contributed by atoms with Crippen molar-refractivity contribution in [3.05, 3.63) is 58.6 Å². The summed E-state index contributed by atoms with van der Waals surface area (Å²) < 4.78 is 25.1. The van der Waals surface area contributed by atoms with Crippen LogP contribution in [0, 0.1) is 16.0 Å². The van der Waals surface area contributed by atoms with Crippen molar-refractivity contribution >= 4 is 27.1 Å². The largest absolute Gasteiger partial charge is 0.326 e. The zero-order valence-corrected chi connectivity index (χ0v) is 14.6. The van der Waals surface area contributed by atoms with E-state index >= 15 is 0 Å². The van der Waals surface area contributed by atoms with Crippen molar-refractivity contribution in [3.63, 3.8) is 0 Å². The van der Waals surface area contributed by atoms with Crippen molar-refractivity contribution in [2.24, 2.45) is 5.92 Å². The molecular formula is C17H18N2O5S. The number of carbonyl (C=O) groups excluding carboxylic acids is 1. The van der Waals surface area contributed by atoms with E-state index in [-0.39, 0.29) is 27.3 Å². The van der Waals surface area contributed by atoms with E-state index < -0.39 is 14.8 Å². The molecular weight excluding hydrogens is 344 g/mol. The van der Waals surface area contributed by atoms with E-state index in [4.69, 9.17) is 0 Å². The van der Waals surface area contributed by atoms with Crippen molar-refractivity contribution < 1.29 is 18.1 Å². The summed E-state index contributed by atoms with van der Waals surface area (Å²) in [5.74, 6) is -0.267. The van der Waals surface area contributed by atoms with Crippen LogP contribution in [0.1, 0.15) is 20.3 Å². The van der Waals surface area contributed by atoms with E-state index in [2.05, 4.69) is 5.32 Å². The van der Waals surface area contributed by atoms with Gasteiger partial charge in [0.1, 0.15) is 0 Å². The third kappa shape index (κ3) is 4.21. The Bertz CT molecular complexity index is 874. The molecule has 0 spiro atoms. The Kier molecular flexibility index (Phi) is 5.53. The molecule has 0 aliphatic rings. The first-order chi connectivity index (χ1) is 11.8. The third-order valence-electron chi connectivity index (χ3n) is 3.85. The highest BCUT2D eigenvalue weighted by atomic mass is 32.2. The number of nitro benzene ring substituents is 1.